The predicted molar refractivity (Wildman–Crippen MR) is 130 cm³/mol. The van der Waals surface area contributed by atoms with E-state index in [0.717, 1.165) is 34.1 Å². The molecular formula is C26H30N2O3S. The Balaban J connectivity index is 1.98. The summed E-state index contributed by atoms with van der Waals surface area (Å²) in [6.07, 6.45) is 1.13. The van der Waals surface area contributed by atoms with E-state index >= 15 is 0 Å². The summed E-state index contributed by atoms with van der Waals surface area (Å²) in [7, 11) is -3.69. The van der Waals surface area contributed by atoms with Gasteiger partial charge in [0.25, 0.3) is 0 Å². The molecule has 0 aliphatic rings. The summed E-state index contributed by atoms with van der Waals surface area (Å²) in [6.45, 7) is 7.50. The molecule has 0 aliphatic heterocycles. The number of carbonyl (C=O) groups excluding carboxylic acids is 1. The third kappa shape index (κ3) is 5.19. The van der Waals surface area contributed by atoms with Gasteiger partial charge in [-0.25, -0.2) is 8.42 Å². The summed E-state index contributed by atoms with van der Waals surface area (Å²) in [4.78, 5) is 13.4. The van der Waals surface area contributed by atoms with Gasteiger partial charge in [0, 0.05) is 0 Å². The van der Waals surface area contributed by atoms with Gasteiger partial charge in [0.15, 0.2) is 0 Å². The molecule has 0 heterocycles. The van der Waals surface area contributed by atoms with Crippen molar-refractivity contribution in [3.8, 4) is 0 Å². The Hall–Kier alpha value is -3.12. The van der Waals surface area contributed by atoms with E-state index in [1.807, 2.05) is 81.4 Å². The molecule has 0 bridgehead atoms. The first-order valence-electron chi connectivity index (χ1n) is 10.6. The number of hydrogen-bond donors (Lipinski definition) is 1. The molecule has 0 spiro atoms. The van der Waals surface area contributed by atoms with Crippen LogP contribution in [0.5, 0.6) is 0 Å². The lowest BCUT2D eigenvalue weighted by Crippen LogP contribution is -2.48. The first-order chi connectivity index (χ1) is 15.1. The van der Waals surface area contributed by atoms with Crippen molar-refractivity contribution in [1.82, 2.24) is 5.32 Å². The van der Waals surface area contributed by atoms with Crippen molar-refractivity contribution in [2.24, 2.45) is 0 Å². The van der Waals surface area contributed by atoms with E-state index in [4.69, 9.17) is 0 Å². The van der Waals surface area contributed by atoms with Crippen LogP contribution in [0.15, 0.2) is 72.8 Å². The number of nitrogens with zero attached hydrogens (tertiary/aromatic N) is 1. The zero-order valence-electron chi connectivity index (χ0n) is 19.2. The zero-order valence-corrected chi connectivity index (χ0v) is 20.0. The molecular weight excluding hydrogens is 420 g/mol. The second-order valence-corrected chi connectivity index (χ2v) is 10.1. The fourth-order valence-corrected chi connectivity index (χ4v) is 5.00. The number of amides is 1. The minimum absolute atomic E-state index is 0.370. The van der Waals surface area contributed by atoms with E-state index < -0.39 is 22.1 Å². The van der Waals surface area contributed by atoms with Crippen molar-refractivity contribution >= 4 is 21.6 Å². The van der Waals surface area contributed by atoms with Gasteiger partial charge >= 0.3 is 0 Å². The Bertz CT molecular complexity index is 1210. The van der Waals surface area contributed by atoms with Crippen LogP contribution in [0.2, 0.25) is 0 Å². The maximum Gasteiger partial charge on any atom is 0.244 e. The van der Waals surface area contributed by atoms with Crippen molar-refractivity contribution < 1.29 is 13.2 Å². The molecule has 0 unspecified atom stereocenters. The summed E-state index contributed by atoms with van der Waals surface area (Å²) in [5.41, 5.74) is 5.44. The van der Waals surface area contributed by atoms with Gasteiger partial charge in [0.1, 0.15) is 6.04 Å². The van der Waals surface area contributed by atoms with E-state index in [-0.39, 0.29) is 5.91 Å². The molecule has 2 atom stereocenters. The average Bonchev–Trinajstić information content (AvgIpc) is 2.74. The van der Waals surface area contributed by atoms with Gasteiger partial charge < -0.3 is 5.32 Å². The van der Waals surface area contributed by atoms with Gasteiger partial charge in [0.05, 0.1) is 18.0 Å². The zero-order chi connectivity index (χ0) is 23.5. The van der Waals surface area contributed by atoms with Crippen molar-refractivity contribution in [3.05, 3.63) is 101 Å². The number of anilines is 1. The van der Waals surface area contributed by atoms with Crippen LogP contribution < -0.4 is 9.62 Å². The molecule has 6 heteroatoms. The molecule has 0 radical (unpaired) electrons. The highest BCUT2D eigenvalue weighted by atomic mass is 32.2. The molecule has 3 aromatic rings. The van der Waals surface area contributed by atoms with E-state index in [1.165, 1.54) is 4.31 Å². The second kappa shape index (κ2) is 9.57. The second-order valence-electron chi connectivity index (χ2n) is 8.21. The molecule has 1 N–H and O–H groups in total. The average molecular weight is 451 g/mol. The third-order valence-electron chi connectivity index (χ3n) is 5.75. The van der Waals surface area contributed by atoms with Crippen LogP contribution in [0.3, 0.4) is 0 Å². The van der Waals surface area contributed by atoms with Crippen molar-refractivity contribution in [3.63, 3.8) is 0 Å². The molecule has 1 amide bonds. The van der Waals surface area contributed by atoms with Gasteiger partial charge in [0.2, 0.25) is 15.9 Å². The highest BCUT2D eigenvalue weighted by molar-refractivity contribution is 7.92. The van der Waals surface area contributed by atoms with Gasteiger partial charge in [-0.2, -0.15) is 0 Å². The molecule has 5 nitrogen and oxygen atoms in total. The maximum absolute atomic E-state index is 13.4. The van der Waals surface area contributed by atoms with Crippen molar-refractivity contribution in [2.45, 2.75) is 39.8 Å². The number of benzene rings is 3. The van der Waals surface area contributed by atoms with Crippen LogP contribution in [-0.2, 0) is 14.8 Å². The van der Waals surface area contributed by atoms with E-state index in [9.17, 15) is 13.2 Å². The van der Waals surface area contributed by atoms with E-state index in [1.54, 1.807) is 19.1 Å². The Labute approximate surface area is 191 Å². The number of nitrogens with one attached hydrogen (secondary N) is 1. The largest absolute Gasteiger partial charge is 0.343 e. The topological polar surface area (TPSA) is 66.5 Å². The molecule has 0 fully saturated rings. The highest BCUT2D eigenvalue weighted by Crippen LogP contribution is 2.27. The maximum atomic E-state index is 13.4. The van der Waals surface area contributed by atoms with E-state index in [2.05, 4.69) is 5.32 Å². The van der Waals surface area contributed by atoms with Crippen LogP contribution in [0.4, 0.5) is 5.69 Å². The smallest absolute Gasteiger partial charge is 0.244 e. The first-order valence-corrected chi connectivity index (χ1v) is 12.4. The van der Waals surface area contributed by atoms with Crippen LogP contribution >= 0.6 is 0 Å². The standard InChI is InChI=1S/C26H30N2O3S/c1-18-15-16-23(17-20(18)3)28(32(5,30)31)21(4)26(29)27-25(22-12-7-6-8-13-22)24-14-10-9-11-19(24)2/h6-17,21,25H,1-5H3,(H,27,29)/t21-,25-/m0/s1. The lowest BCUT2D eigenvalue weighted by molar-refractivity contribution is -0.122. The summed E-state index contributed by atoms with van der Waals surface area (Å²) in [5.74, 6) is -0.370. The number of hydrogen-bond acceptors (Lipinski definition) is 3. The van der Waals surface area contributed by atoms with Gasteiger partial charge in [-0.3, -0.25) is 9.10 Å². The molecule has 0 aromatic heterocycles. The first kappa shape index (κ1) is 23.5. The molecule has 3 rings (SSSR count). The normalized spacial score (nSPS) is 13.3. The lowest BCUT2D eigenvalue weighted by atomic mass is 9.94. The SMILES string of the molecule is Cc1ccc(N([C@@H](C)C(=O)N[C@@H](c2ccccc2)c2ccccc2C)S(C)(=O)=O)cc1C. The fraction of sp³-hybridized carbons (Fsp3) is 0.269. The van der Waals surface area contributed by atoms with Crippen LogP contribution in [0.25, 0.3) is 0 Å². The minimum Gasteiger partial charge on any atom is -0.343 e. The van der Waals surface area contributed by atoms with Crippen molar-refractivity contribution in [1.29, 1.82) is 0 Å². The van der Waals surface area contributed by atoms with Crippen molar-refractivity contribution in [2.75, 3.05) is 10.6 Å². The number of sulfonamides is 1. The molecule has 0 aliphatic carbocycles. The summed E-state index contributed by atoms with van der Waals surface area (Å²) >= 11 is 0. The Morgan fingerprint density at radius 3 is 2.06 bits per heavy atom. The van der Waals surface area contributed by atoms with Gasteiger partial charge in [-0.05, 0) is 67.6 Å². The quantitative estimate of drug-likeness (QED) is 0.569. The molecule has 168 valence electrons. The van der Waals surface area contributed by atoms with E-state index in [0.29, 0.717) is 5.69 Å². The molecule has 3 aromatic carbocycles. The fourth-order valence-electron chi connectivity index (χ4n) is 3.83. The number of carbonyl (C=O) groups is 1. The van der Waals surface area contributed by atoms with Crippen LogP contribution in [0, 0.1) is 20.8 Å². The highest BCUT2D eigenvalue weighted by Gasteiger charge is 2.31. The monoisotopic (exact) mass is 450 g/mol. The summed E-state index contributed by atoms with van der Waals surface area (Å²) < 4.78 is 26.6. The Kier molecular flexibility index (Phi) is 7.04. The number of aryl methyl sites for hydroxylation is 3. The van der Waals surface area contributed by atoms with Gasteiger partial charge in [-0.1, -0.05) is 60.7 Å². The van der Waals surface area contributed by atoms with Crippen LogP contribution in [0.1, 0.15) is 40.8 Å². The van der Waals surface area contributed by atoms with Crippen LogP contribution in [-0.4, -0.2) is 26.6 Å². The Morgan fingerprint density at radius 2 is 1.47 bits per heavy atom. The molecule has 32 heavy (non-hydrogen) atoms. The number of rotatable bonds is 7. The molecule has 0 saturated heterocycles. The summed E-state index contributed by atoms with van der Waals surface area (Å²) in [6, 6.07) is 21.6. The predicted octanol–water partition coefficient (Wildman–Crippen LogP) is 4.67. The lowest BCUT2D eigenvalue weighted by Gasteiger charge is -2.31. The molecule has 0 saturated carbocycles. The third-order valence-corrected chi connectivity index (χ3v) is 6.99. The minimum atomic E-state index is -3.69. The Morgan fingerprint density at radius 1 is 0.844 bits per heavy atom. The van der Waals surface area contributed by atoms with Gasteiger partial charge in [-0.15, -0.1) is 0 Å². The summed E-state index contributed by atoms with van der Waals surface area (Å²) in [5, 5.41) is 3.09.